The van der Waals surface area contributed by atoms with E-state index in [0.29, 0.717) is 11.4 Å². The van der Waals surface area contributed by atoms with E-state index >= 15 is 0 Å². The highest BCUT2D eigenvalue weighted by atomic mass is 19.4. The molecule has 0 aromatic carbocycles. The van der Waals surface area contributed by atoms with E-state index in [1.54, 1.807) is 29.8 Å². The van der Waals surface area contributed by atoms with Gasteiger partial charge in [-0.1, -0.05) is 5.16 Å². The Morgan fingerprint density at radius 3 is 2.67 bits per heavy atom. The van der Waals surface area contributed by atoms with Gasteiger partial charge in [-0.2, -0.15) is 18.2 Å². The third kappa shape index (κ3) is 4.86. The van der Waals surface area contributed by atoms with Gasteiger partial charge in [0.15, 0.2) is 0 Å². The Labute approximate surface area is 117 Å². The van der Waals surface area contributed by atoms with Crippen LogP contribution in [0.2, 0.25) is 0 Å². The third-order valence-electron chi connectivity index (χ3n) is 2.46. The summed E-state index contributed by atoms with van der Waals surface area (Å²) in [6, 6.07) is 3.37. The molecule has 0 fully saturated rings. The van der Waals surface area contributed by atoms with E-state index in [9.17, 15) is 18.0 Å². The Hall–Kier alpha value is -2.45. The number of nitrogens with one attached hydrogen (secondary N) is 1. The SMILES string of the molecule is O=C(CCc1nc(-c2ccncc2)no1)NCC(F)(F)F. The maximum absolute atomic E-state index is 11.9. The largest absolute Gasteiger partial charge is 0.405 e. The summed E-state index contributed by atoms with van der Waals surface area (Å²) in [5.74, 6) is -0.206. The minimum Gasteiger partial charge on any atom is -0.347 e. The second-order valence-corrected chi connectivity index (χ2v) is 4.14. The van der Waals surface area contributed by atoms with Crippen LogP contribution in [0.3, 0.4) is 0 Å². The number of halogens is 3. The fourth-order valence-electron chi connectivity index (χ4n) is 1.48. The van der Waals surface area contributed by atoms with Crippen LogP contribution in [0.25, 0.3) is 11.4 Å². The molecule has 2 heterocycles. The van der Waals surface area contributed by atoms with Crippen molar-refractivity contribution in [2.24, 2.45) is 0 Å². The first-order valence-corrected chi connectivity index (χ1v) is 6.00. The number of hydrogen-bond donors (Lipinski definition) is 1. The van der Waals surface area contributed by atoms with E-state index in [1.807, 2.05) is 0 Å². The van der Waals surface area contributed by atoms with Gasteiger partial charge in [0.1, 0.15) is 6.54 Å². The number of aryl methyl sites for hydroxylation is 1. The molecule has 0 atom stereocenters. The molecule has 21 heavy (non-hydrogen) atoms. The van der Waals surface area contributed by atoms with Crippen molar-refractivity contribution >= 4 is 5.91 Å². The van der Waals surface area contributed by atoms with Crippen molar-refractivity contribution in [3.8, 4) is 11.4 Å². The maximum Gasteiger partial charge on any atom is 0.405 e. The van der Waals surface area contributed by atoms with E-state index < -0.39 is 18.6 Å². The van der Waals surface area contributed by atoms with E-state index in [4.69, 9.17) is 4.52 Å². The normalized spacial score (nSPS) is 11.4. The summed E-state index contributed by atoms with van der Waals surface area (Å²) in [7, 11) is 0. The van der Waals surface area contributed by atoms with Crippen molar-refractivity contribution in [1.29, 1.82) is 0 Å². The zero-order chi connectivity index (χ0) is 15.3. The Bertz CT molecular complexity index is 598. The molecule has 2 aromatic rings. The van der Waals surface area contributed by atoms with Crippen molar-refractivity contribution in [2.45, 2.75) is 19.0 Å². The minimum atomic E-state index is -4.42. The van der Waals surface area contributed by atoms with E-state index in [1.165, 1.54) is 0 Å². The van der Waals surface area contributed by atoms with E-state index in [0.717, 1.165) is 0 Å². The van der Waals surface area contributed by atoms with Gasteiger partial charge in [-0.25, -0.2) is 0 Å². The summed E-state index contributed by atoms with van der Waals surface area (Å²) < 4.78 is 40.7. The third-order valence-corrected chi connectivity index (χ3v) is 2.46. The lowest BCUT2D eigenvalue weighted by Gasteiger charge is -2.07. The van der Waals surface area contributed by atoms with Crippen LogP contribution in [-0.4, -0.2) is 33.8 Å². The highest BCUT2D eigenvalue weighted by molar-refractivity contribution is 5.76. The molecule has 112 valence electrons. The van der Waals surface area contributed by atoms with Gasteiger partial charge >= 0.3 is 6.18 Å². The fourth-order valence-corrected chi connectivity index (χ4v) is 1.48. The number of nitrogens with zero attached hydrogens (tertiary/aromatic N) is 3. The molecule has 0 saturated carbocycles. The van der Waals surface area contributed by atoms with Gasteiger partial charge in [0.2, 0.25) is 17.6 Å². The molecule has 1 amide bonds. The molecule has 0 aliphatic carbocycles. The topological polar surface area (TPSA) is 80.9 Å². The molecular formula is C12H11F3N4O2. The standard InChI is InChI=1S/C12H11F3N4O2/c13-12(14,15)7-17-9(20)1-2-10-18-11(19-21-10)8-3-5-16-6-4-8/h3-6H,1-2,7H2,(H,17,20). The molecule has 9 heteroatoms. The van der Waals surface area contributed by atoms with Crippen molar-refractivity contribution in [3.05, 3.63) is 30.4 Å². The van der Waals surface area contributed by atoms with E-state index in [2.05, 4.69) is 15.1 Å². The maximum atomic E-state index is 11.9. The summed E-state index contributed by atoms with van der Waals surface area (Å²) in [5.41, 5.74) is 0.696. The number of aromatic nitrogens is 3. The summed E-state index contributed by atoms with van der Waals surface area (Å²) in [5, 5.41) is 5.49. The zero-order valence-corrected chi connectivity index (χ0v) is 10.7. The monoisotopic (exact) mass is 300 g/mol. The number of pyridine rings is 1. The number of carbonyl (C=O) groups is 1. The van der Waals surface area contributed by atoms with Crippen molar-refractivity contribution in [2.75, 3.05) is 6.54 Å². The lowest BCUT2D eigenvalue weighted by atomic mass is 10.2. The first kappa shape index (κ1) is 14.9. The molecule has 0 aliphatic rings. The zero-order valence-electron chi connectivity index (χ0n) is 10.7. The molecule has 0 aliphatic heterocycles. The highest BCUT2D eigenvalue weighted by Gasteiger charge is 2.27. The molecule has 6 nitrogen and oxygen atoms in total. The van der Waals surface area contributed by atoms with Crippen LogP contribution in [0.4, 0.5) is 13.2 Å². The van der Waals surface area contributed by atoms with Crippen LogP contribution in [0.5, 0.6) is 0 Å². The fraction of sp³-hybridized carbons (Fsp3) is 0.333. The number of hydrogen-bond acceptors (Lipinski definition) is 5. The van der Waals surface area contributed by atoms with E-state index in [-0.39, 0.29) is 18.7 Å². The second kappa shape index (κ2) is 6.33. The second-order valence-electron chi connectivity index (χ2n) is 4.14. The predicted molar refractivity (Wildman–Crippen MR) is 64.9 cm³/mol. The quantitative estimate of drug-likeness (QED) is 0.909. The summed E-state index contributed by atoms with van der Waals surface area (Å²) in [6.07, 6.45) is -1.38. The first-order valence-electron chi connectivity index (χ1n) is 6.00. The van der Waals surface area contributed by atoms with Gasteiger partial charge in [0.05, 0.1) is 0 Å². The first-order chi connectivity index (χ1) is 9.94. The Morgan fingerprint density at radius 2 is 2.00 bits per heavy atom. The number of amides is 1. The summed E-state index contributed by atoms with van der Waals surface area (Å²) >= 11 is 0. The lowest BCUT2D eigenvalue weighted by Crippen LogP contribution is -2.33. The number of carbonyl (C=O) groups excluding carboxylic acids is 1. The van der Waals surface area contributed by atoms with Crippen molar-refractivity contribution in [3.63, 3.8) is 0 Å². The molecule has 0 unspecified atom stereocenters. The molecular weight excluding hydrogens is 289 g/mol. The van der Waals surface area contributed by atoms with Crippen LogP contribution in [0.1, 0.15) is 12.3 Å². The Kier molecular flexibility index (Phi) is 4.51. The van der Waals surface area contributed by atoms with Crippen molar-refractivity contribution in [1.82, 2.24) is 20.4 Å². The lowest BCUT2D eigenvalue weighted by molar-refractivity contribution is -0.138. The van der Waals surface area contributed by atoms with Gasteiger partial charge < -0.3 is 9.84 Å². The van der Waals surface area contributed by atoms with Gasteiger partial charge in [0.25, 0.3) is 0 Å². The van der Waals surface area contributed by atoms with Crippen LogP contribution in [-0.2, 0) is 11.2 Å². The average molecular weight is 300 g/mol. The van der Waals surface area contributed by atoms with Gasteiger partial charge in [-0.3, -0.25) is 9.78 Å². The molecule has 2 rings (SSSR count). The Balaban J connectivity index is 1.85. The molecule has 2 aromatic heterocycles. The van der Waals surface area contributed by atoms with Crippen LogP contribution in [0, 0.1) is 0 Å². The average Bonchev–Trinajstić information content (AvgIpc) is 2.92. The van der Waals surface area contributed by atoms with Crippen LogP contribution < -0.4 is 5.32 Å². The summed E-state index contributed by atoms with van der Waals surface area (Å²) in [6.45, 7) is -1.35. The molecule has 0 saturated heterocycles. The molecule has 0 spiro atoms. The molecule has 0 bridgehead atoms. The number of rotatable bonds is 5. The number of alkyl halides is 3. The molecule has 1 N–H and O–H groups in total. The van der Waals surface area contributed by atoms with Crippen LogP contribution >= 0.6 is 0 Å². The molecule has 0 radical (unpaired) electrons. The van der Waals surface area contributed by atoms with Gasteiger partial charge in [-0.15, -0.1) is 0 Å². The Morgan fingerprint density at radius 1 is 1.29 bits per heavy atom. The smallest absolute Gasteiger partial charge is 0.347 e. The highest BCUT2D eigenvalue weighted by Crippen LogP contribution is 2.15. The predicted octanol–water partition coefficient (Wildman–Crippen LogP) is 1.74. The van der Waals surface area contributed by atoms with Crippen molar-refractivity contribution < 1.29 is 22.5 Å². The van der Waals surface area contributed by atoms with Crippen LogP contribution in [0.15, 0.2) is 29.0 Å². The van der Waals surface area contributed by atoms with Gasteiger partial charge in [-0.05, 0) is 12.1 Å². The minimum absolute atomic E-state index is 0.0712. The summed E-state index contributed by atoms with van der Waals surface area (Å²) in [4.78, 5) is 19.1. The van der Waals surface area contributed by atoms with Gasteiger partial charge in [0, 0.05) is 30.8 Å².